The minimum atomic E-state index is -0.481. The molecule has 0 radical (unpaired) electrons. The number of rotatable bonds is 8. The fraction of sp³-hybridized carbons (Fsp3) is 0.222. The lowest BCUT2D eigenvalue weighted by Crippen LogP contribution is -2.16. The Hall–Kier alpha value is -2.43. The van der Waals surface area contributed by atoms with Gasteiger partial charge in [0.25, 0.3) is 0 Å². The van der Waals surface area contributed by atoms with Crippen molar-refractivity contribution in [3.05, 3.63) is 46.0 Å². The number of ether oxygens (including phenoxy) is 1. The second-order valence-corrected chi connectivity index (χ2v) is 8.62. The Bertz CT molecular complexity index is 1010. The van der Waals surface area contributed by atoms with Crippen molar-refractivity contribution in [2.75, 3.05) is 18.2 Å². The molecular weight excluding hydrogens is 416 g/mol. The third-order valence-corrected chi connectivity index (χ3v) is 6.33. The van der Waals surface area contributed by atoms with Gasteiger partial charge in [-0.15, -0.1) is 39.4 Å². The van der Waals surface area contributed by atoms with E-state index in [1.807, 2.05) is 16.9 Å². The van der Waals surface area contributed by atoms with Crippen LogP contribution < -0.4 is 5.32 Å². The number of carbonyl (C=O) groups is 2. The first-order chi connectivity index (χ1) is 13.5. The average molecular weight is 435 g/mol. The normalized spacial score (nSPS) is 10.6. The number of aryl methyl sites for hydroxylation is 1. The highest BCUT2D eigenvalue weighted by atomic mass is 32.2. The molecule has 0 aliphatic carbocycles. The maximum atomic E-state index is 12.3. The van der Waals surface area contributed by atoms with Crippen molar-refractivity contribution in [3.8, 4) is 11.4 Å². The number of nitrogens with zero attached hydrogens (tertiary/aromatic N) is 3. The van der Waals surface area contributed by atoms with E-state index in [1.54, 1.807) is 28.9 Å². The Morgan fingerprint density at radius 3 is 2.89 bits per heavy atom. The van der Waals surface area contributed by atoms with Crippen molar-refractivity contribution in [3.63, 3.8) is 0 Å². The van der Waals surface area contributed by atoms with Gasteiger partial charge in [0.05, 0.1) is 18.4 Å². The van der Waals surface area contributed by atoms with E-state index in [1.165, 1.54) is 35.1 Å². The minimum absolute atomic E-state index is 0.135. The van der Waals surface area contributed by atoms with Gasteiger partial charge in [-0.25, -0.2) is 4.79 Å². The van der Waals surface area contributed by atoms with Gasteiger partial charge in [-0.05, 0) is 24.4 Å². The largest absolute Gasteiger partial charge is 0.465 e. The third-order valence-electron chi connectivity index (χ3n) is 3.67. The van der Waals surface area contributed by atoms with Crippen molar-refractivity contribution in [1.29, 1.82) is 0 Å². The van der Waals surface area contributed by atoms with E-state index in [-0.39, 0.29) is 11.7 Å². The van der Waals surface area contributed by atoms with Crippen LogP contribution in [0.2, 0.25) is 0 Å². The number of thiophene rings is 2. The number of hydrogen-bond donors (Lipinski definition) is 1. The van der Waals surface area contributed by atoms with Crippen LogP contribution in [0.4, 0.5) is 5.00 Å². The number of thioether (sulfide) groups is 1. The fourth-order valence-corrected chi connectivity index (χ4v) is 4.65. The summed E-state index contributed by atoms with van der Waals surface area (Å²) in [6, 6.07) is 3.68. The molecular formula is C18H18N4O3S3. The van der Waals surface area contributed by atoms with Crippen molar-refractivity contribution in [2.24, 2.45) is 0 Å². The SMILES string of the molecule is C=CCn1c(SCC(=O)Nc2sccc2C(=O)OC)nnc1-c1csc(C)c1. The predicted molar refractivity (Wildman–Crippen MR) is 113 cm³/mol. The lowest BCUT2D eigenvalue weighted by atomic mass is 10.3. The molecule has 1 N–H and O–H groups in total. The molecule has 28 heavy (non-hydrogen) atoms. The number of amides is 1. The summed E-state index contributed by atoms with van der Waals surface area (Å²) in [6.07, 6.45) is 1.77. The third kappa shape index (κ3) is 4.51. The van der Waals surface area contributed by atoms with Gasteiger partial charge in [-0.3, -0.25) is 9.36 Å². The Morgan fingerprint density at radius 1 is 1.39 bits per heavy atom. The Balaban J connectivity index is 1.70. The van der Waals surface area contributed by atoms with Crippen LogP contribution in [0.5, 0.6) is 0 Å². The number of allylic oxidation sites excluding steroid dienone is 1. The molecule has 0 fully saturated rings. The summed E-state index contributed by atoms with van der Waals surface area (Å²) in [5, 5.41) is 16.1. The highest BCUT2D eigenvalue weighted by Crippen LogP contribution is 2.28. The van der Waals surface area contributed by atoms with E-state index in [9.17, 15) is 9.59 Å². The standard InChI is InChI=1S/C18H18N4O3S3/c1-4-6-22-15(12-8-11(2)27-9-12)20-21-18(22)28-10-14(23)19-16-13(5-7-26-16)17(24)25-3/h4-5,7-9H,1,6,10H2,2-3H3,(H,19,23). The highest BCUT2D eigenvalue weighted by Gasteiger charge is 2.18. The molecule has 3 aromatic rings. The summed E-state index contributed by atoms with van der Waals surface area (Å²) in [5.74, 6) is 0.166. The van der Waals surface area contributed by atoms with Crippen LogP contribution in [0.1, 0.15) is 15.2 Å². The Morgan fingerprint density at radius 2 is 2.21 bits per heavy atom. The van der Waals surface area contributed by atoms with Gasteiger partial charge in [-0.1, -0.05) is 17.8 Å². The van der Waals surface area contributed by atoms with E-state index in [0.717, 1.165) is 11.4 Å². The molecule has 0 spiro atoms. The molecule has 0 atom stereocenters. The lowest BCUT2D eigenvalue weighted by Gasteiger charge is -2.07. The Labute approximate surface area is 174 Å². The second-order valence-electron chi connectivity index (χ2n) is 5.64. The second kappa shape index (κ2) is 9.18. The van der Waals surface area contributed by atoms with Crippen LogP contribution in [0, 0.1) is 6.92 Å². The van der Waals surface area contributed by atoms with Gasteiger partial charge in [0.1, 0.15) is 5.00 Å². The molecule has 0 bridgehead atoms. The number of carbonyl (C=O) groups excluding carboxylic acids is 2. The van der Waals surface area contributed by atoms with Gasteiger partial charge >= 0.3 is 5.97 Å². The molecule has 3 aromatic heterocycles. The predicted octanol–water partition coefficient (Wildman–Crippen LogP) is 4.08. The van der Waals surface area contributed by atoms with Crippen LogP contribution in [0.3, 0.4) is 0 Å². The van der Waals surface area contributed by atoms with Crippen molar-refractivity contribution < 1.29 is 14.3 Å². The van der Waals surface area contributed by atoms with E-state index in [0.29, 0.717) is 22.3 Å². The maximum absolute atomic E-state index is 12.3. The van der Waals surface area contributed by atoms with Gasteiger partial charge in [0.15, 0.2) is 11.0 Å². The summed E-state index contributed by atoms with van der Waals surface area (Å²) in [5.41, 5.74) is 1.34. The van der Waals surface area contributed by atoms with Crippen LogP contribution in [-0.4, -0.2) is 39.5 Å². The molecule has 10 heteroatoms. The number of nitrogens with one attached hydrogen (secondary N) is 1. The first-order valence-electron chi connectivity index (χ1n) is 8.21. The van der Waals surface area contributed by atoms with E-state index in [4.69, 9.17) is 4.74 Å². The van der Waals surface area contributed by atoms with Crippen molar-refractivity contribution in [2.45, 2.75) is 18.6 Å². The van der Waals surface area contributed by atoms with Gasteiger partial charge in [-0.2, -0.15) is 0 Å². The molecule has 146 valence electrons. The lowest BCUT2D eigenvalue weighted by molar-refractivity contribution is -0.113. The highest BCUT2D eigenvalue weighted by molar-refractivity contribution is 7.99. The molecule has 0 aromatic carbocycles. The molecule has 0 saturated carbocycles. The number of anilines is 1. The van der Waals surface area contributed by atoms with Gasteiger partial charge in [0.2, 0.25) is 5.91 Å². The van der Waals surface area contributed by atoms with Crippen LogP contribution in [0.25, 0.3) is 11.4 Å². The topological polar surface area (TPSA) is 86.1 Å². The first-order valence-corrected chi connectivity index (χ1v) is 11.0. The van der Waals surface area contributed by atoms with Crippen molar-refractivity contribution >= 4 is 51.3 Å². The molecule has 7 nitrogen and oxygen atoms in total. The zero-order valence-corrected chi connectivity index (χ0v) is 17.7. The number of esters is 1. The number of hydrogen-bond acceptors (Lipinski definition) is 8. The van der Waals surface area contributed by atoms with E-state index in [2.05, 4.69) is 28.2 Å². The summed E-state index contributed by atoms with van der Waals surface area (Å²) in [6.45, 7) is 6.37. The van der Waals surface area contributed by atoms with E-state index < -0.39 is 5.97 Å². The number of aromatic nitrogens is 3. The summed E-state index contributed by atoms with van der Waals surface area (Å²) in [7, 11) is 1.31. The quantitative estimate of drug-likeness (QED) is 0.327. The fourth-order valence-electron chi connectivity index (χ4n) is 2.43. The monoisotopic (exact) mass is 434 g/mol. The van der Waals surface area contributed by atoms with Crippen LogP contribution >= 0.6 is 34.4 Å². The van der Waals surface area contributed by atoms with Crippen molar-refractivity contribution in [1.82, 2.24) is 14.8 Å². The summed E-state index contributed by atoms with van der Waals surface area (Å²) >= 11 is 4.20. The molecule has 1 amide bonds. The summed E-state index contributed by atoms with van der Waals surface area (Å²) < 4.78 is 6.64. The molecule has 3 rings (SSSR count). The van der Waals surface area contributed by atoms with Gasteiger partial charge < -0.3 is 10.1 Å². The summed E-state index contributed by atoms with van der Waals surface area (Å²) in [4.78, 5) is 25.2. The Kier molecular flexibility index (Phi) is 6.65. The average Bonchev–Trinajstić information content (AvgIpc) is 3.40. The maximum Gasteiger partial charge on any atom is 0.340 e. The smallest absolute Gasteiger partial charge is 0.340 e. The molecule has 0 saturated heterocycles. The zero-order chi connectivity index (χ0) is 20.1. The molecule has 0 aliphatic rings. The van der Waals surface area contributed by atoms with E-state index >= 15 is 0 Å². The molecule has 3 heterocycles. The number of methoxy groups -OCH3 is 1. The van der Waals surface area contributed by atoms with Gasteiger partial charge in [0, 0.05) is 22.4 Å². The molecule has 0 aliphatic heterocycles. The van der Waals surface area contributed by atoms with Crippen LogP contribution in [-0.2, 0) is 16.1 Å². The minimum Gasteiger partial charge on any atom is -0.465 e. The first kappa shape index (κ1) is 20.3. The molecule has 0 unspecified atom stereocenters. The van der Waals surface area contributed by atoms with Crippen LogP contribution in [0.15, 0.2) is 40.7 Å². The zero-order valence-electron chi connectivity index (χ0n) is 15.3.